The summed E-state index contributed by atoms with van der Waals surface area (Å²) in [5.74, 6) is 0.933. The zero-order chi connectivity index (χ0) is 25.5. The number of nitrogens with one attached hydrogen (secondary N) is 1. The molecule has 1 atom stereocenters. The molecule has 0 unspecified atom stereocenters. The van der Waals surface area contributed by atoms with Crippen LogP contribution in [0.3, 0.4) is 0 Å². The number of pyridine rings is 2. The molecule has 4 aromatic heterocycles. The van der Waals surface area contributed by atoms with Crippen LogP contribution in [0.25, 0.3) is 33.7 Å². The van der Waals surface area contributed by atoms with E-state index in [0.29, 0.717) is 52.5 Å². The first-order valence-corrected chi connectivity index (χ1v) is 12.6. The van der Waals surface area contributed by atoms with E-state index in [1.807, 2.05) is 12.1 Å². The number of thioether (sulfide) groups is 1. The maximum Gasteiger partial charge on any atom is 0.170 e. The Morgan fingerprint density at radius 2 is 1.76 bits per heavy atom. The first kappa shape index (κ1) is 23.3. The van der Waals surface area contributed by atoms with Gasteiger partial charge in [-0.25, -0.2) is 23.7 Å². The lowest BCUT2D eigenvalue weighted by Crippen LogP contribution is -2.09. The molecule has 0 fully saturated rings. The molecule has 6 rings (SSSR count). The molecule has 1 aliphatic heterocycles. The standard InChI is InChI=1S/C26H21F2N7OS/c1-14-13-37-26-32-22-24(33-23(34-25(22)35(14)26)17-8-19(28)12-30-10-17)31-5-4-15-2-3-21(36)20(6-15)16-7-18(27)11-29-9-16/h2-3,6-12,14,36H,4-5,13H2,1H3,(H,31,33,34)/t14-/m1/s1. The number of halogens is 2. The maximum absolute atomic E-state index is 13.9. The van der Waals surface area contributed by atoms with E-state index < -0.39 is 11.6 Å². The third-order valence-electron chi connectivity index (χ3n) is 6.15. The van der Waals surface area contributed by atoms with Crippen molar-refractivity contribution in [2.45, 2.75) is 24.5 Å². The van der Waals surface area contributed by atoms with Gasteiger partial charge in [-0.15, -0.1) is 0 Å². The SMILES string of the molecule is C[C@@H]1CSc2nc3c(NCCc4ccc(O)c(-c5cncc(F)c5)c4)nc(-c4cncc(F)c4)nc3n21. The van der Waals surface area contributed by atoms with Crippen molar-refractivity contribution < 1.29 is 13.9 Å². The predicted octanol–water partition coefficient (Wildman–Crippen LogP) is 5.26. The highest BCUT2D eigenvalue weighted by Gasteiger charge is 2.27. The van der Waals surface area contributed by atoms with Crippen LogP contribution in [0.4, 0.5) is 14.6 Å². The molecule has 0 amide bonds. The third-order valence-corrected chi connectivity index (χ3v) is 7.34. The van der Waals surface area contributed by atoms with Gasteiger partial charge in [-0.1, -0.05) is 17.8 Å². The van der Waals surface area contributed by atoms with Crippen LogP contribution in [-0.4, -0.2) is 46.9 Å². The molecular weight excluding hydrogens is 496 g/mol. The van der Waals surface area contributed by atoms with Crippen molar-refractivity contribution in [1.82, 2.24) is 29.5 Å². The number of phenolic OH excluding ortho intramolecular Hbond substituents is 1. The quantitative estimate of drug-likeness (QED) is 0.315. The molecule has 1 aromatic carbocycles. The fourth-order valence-corrected chi connectivity index (χ4v) is 5.46. The summed E-state index contributed by atoms with van der Waals surface area (Å²) in [4.78, 5) is 22.0. The molecule has 0 aliphatic carbocycles. The van der Waals surface area contributed by atoms with Crippen molar-refractivity contribution in [2.24, 2.45) is 0 Å². The summed E-state index contributed by atoms with van der Waals surface area (Å²) >= 11 is 1.67. The number of fused-ring (bicyclic) bond motifs is 3. The van der Waals surface area contributed by atoms with Crippen LogP contribution in [0, 0.1) is 11.6 Å². The highest BCUT2D eigenvalue weighted by molar-refractivity contribution is 7.99. The number of benzene rings is 1. The summed E-state index contributed by atoms with van der Waals surface area (Å²) in [6.07, 6.45) is 5.90. The molecule has 186 valence electrons. The second kappa shape index (κ2) is 9.40. The highest BCUT2D eigenvalue weighted by atomic mass is 32.2. The van der Waals surface area contributed by atoms with Crippen molar-refractivity contribution in [2.75, 3.05) is 17.6 Å². The molecule has 5 aromatic rings. The molecule has 37 heavy (non-hydrogen) atoms. The summed E-state index contributed by atoms with van der Waals surface area (Å²) in [5.41, 5.74) is 3.75. The Kier molecular flexibility index (Phi) is 5.91. The van der Waals surface area contributed by atoms with Gasteiger partial charge in [0, 0.05) is 47.4 Å². The van der Waals surface area contributed by atoms with Gasteiger partial charge in [0.15, 0.2) is 28.0 Å². The molecule has 11 heteroatoms. The zero-order valence-electron chi connectivity index (χ0n) is 19.7. The van der Waals surface area contributed by atoms with Gasteiger partial charge in [0.25, 0.3) is 0 Å². The second-order valence-corrected chi connectivity index (χ2v) is 9.79. The van der Waals surface area contributed by atoms with Gasteiger partial charge in [-0.2, -0.15) is 0 Å². The van der Waals surface area contributed by atoms with Crippen molar-refractivity contribution in [3.05, 3.63) is 72.3 Å². The van der Waals surface area contributed by atoms with Crippen LogP contribution < -0.4 is 5.32 Å². The molecule has 0 spiro atoms. The van der Waals surface area contributed by atoms with Crippen LogP contribution in [0.15, 0.2) is 60.3 Å². The van der Waals surface area contributed by atoms with Crippen molar-refractivity contribution in [3.8, 4) is 28.3 Å². The maximum atomic E-state index is 13.9. The first-order valence-electron chi connectivity index (χ1n) is 11.7. The molecule has 5 heterocycles. The summed E-state index contributed by atoms with van der Waals surface area (Å²) < 4.78 is 29.6. The van der Waals surface area contributed by atoms with E-state index in [9.17, 15) is 13.9 Å². The third kappa shape index (κ3) is 4.46. The summed E-state index contributed by atoms with van der Waals surface area (Å²) in [6.45, 7) is 2.61. The fourth-order valence-electron chi connectivity index (χ4n) is 4.36. The van der Waals surface area contributed by atoms with E-state index in [4.69, 9.17) is 9.97 Å². The average Bonchev–Trinajstić information content (AvgIpc) is 3.44. The number of rotatable bonds is 6. The Morgan fingerprint density at radius 3 is 2.54 bits per heavy atom. The second-order valence-electron chi connectivity index (χ2n) is 8.80. The average molecular weight is 518 g/mol. The van der Waals surface area contributed by atoms with Crippen molar-refractivity contribution in [1.29, 1.82) is 0 Å². The van der Waals surface area contributed by atoms with E-state index >= 15 is 0 Å². The van der Waals surface area contributed by atoms with Gasteiger partial charge in [0.1, 0.15) is 17.4 Å². The lowest BCUT2D eigenvalue weighted by molar-refractivity contribution is 0.477. The van der Waals surface area contributed by atoms with E-state index in [2.05, 4.69) is 31.8 Å². The van der Waals surface area contributed by atoms with Gasteiger partial charge in [-0.3, -0.25) is 14.5 Å². The van der Waals surface area contributed by atoms with E-state index in [1.54, 1.807) is 17.8 Å². The van der Waals surface area contributed by atoms with Crippen LogP contribution >= 0.6 is 11.8 Å². The van der Waals surface area contributed by atoms with Gasteiger partial charge in [0.2, 0.25) is 0 Å². The fraction of sp³-hybridized carbons (Fsp3) is 0.192. The van der Waals surface area contributed by atoms with E-state index in [0.717, 1.165) is 28.9 Å². The van der Waals surface area contributed by atoms with Crippen molar-refractivity contribution in [3.63, 3.8) is 0 Å². The molecule has 1 aliphatic rings. The normalized spacial score (nSPS) is 14.7. The Morgan fingerprint density at radius 1 is 1.00 bits per heavy atom. The molecule has 0 radical (unpaired) electrons. The molecule has 8 nitrogen and oxygen atoms in total. The van der Waals surface area contributed by atoms with Crippen molar-refractivity contribution >= 4 is 28.7 Å². The summed E-state index contributed by atoms with van der Waals surface area (Å²) in [6, 6.07) is 8.13. The molecule has 0 saturated heterocycles. The van der Waals surface area contributed by atoms with Crippen LogP contribution in [-0.2, 0) is 6.42 Å². The van der Waals surface area contributed by atoms with Gasteiger partial charge in [0.05, 0.1) is 12.4 Å². The topological polar surface area (TPSA) is 102 Å². The minimum Gasteiger partial charge on any atom is -0.507 e. The number of hydrogen-bond donors (Lipinski definition) is 2. The monoisotopic (exact) mass is 517 g/mol. The highest BCUT2D eigenvalue weighted by Crippen LogP contribution is 2.38. The number of phenols is 1. The lowest BCUT2D eigenvalue weighted by Gasteiger charge is -2.12. The number of imidazole rings is 1. The van der Waals surface area contributed by atoms with Crippen LogP contribution in [0.5, 0.6) is 5.75 Å². The number of nitrogens with zero attached hydrogens (tertiary/aromatic N) is 6. The number of anilines is 1. The molecular formula is C26H21F2N7OS. The Balaban J connectivity index is 1.31. The molecule has 0 bridgehead atoms. The summed E-state index contributed by atoms with van der Waals surface area (Å²) in [5, 5.41) is 14.5. The Labute approximate surface area is 214 Å². The molecule has 0 saturated carbocycles. The van der Waals surface area contributed by atoms with Gasteiger partial charge < -0.3 is 10.4 Å². The largest absolute Gasteiger partial charge is 0.507 e. The Hall–Kier alpha value is -4.12. The summed E-state index contributed by atoms with van der Waals surface area (Å²) in [7, 11) is 0. The van der Waals surface area contributed by atoms with E-state index in [1.165, 1.54) is 24.5 Å². The predicted molar refractivity (Wildman–Crippen MR) is 137 cm³/mol. The lowest BCUT2D eigenvalue weighted by atomic mass is 10.0. The number of aromatic nitrogens is 6. The Bertz CT molecular complexity index is 1640. The van der Waals surface area contributed by atoms with Gasteiger partial charge >= 0.3 is 0 Å². The van der Waals surface area contributed by atoms with E-state index in [-0.39, 0.29) is 11.8 Å². The zero-order valence-corrected chi connectivity index (χ0v) is 20.5. The number of aromatic hydroxyl groups is 1. The van der Waals surface area contributed by atoms with Crippen LogP contribution in [0.2, 0.25) is 0 Å². The minimum absolute atomic E-state index is 0.0501. The minimum atomic E-state index is -0.472. The van der Waals surface area contributed by atoms with Crippen LogP contribution in [0.1, 0.15) is 18.5 Å². The van der Waals surface area contributed by atoms with Gasteiger partial charge in [-0.05, 0) is 43.2 Å². The number of hydrogen-bond acceptors (Lipinski definition) is 8. The molecule has 2 N–H and O–H groups in total. The smallest absolute Gasteiger partial charge is 0.170 e. The first-order chi connectivity index (χ1) is 18.0.